The maximum absolute atomic E-state index is 6.05. The molecule has 1 saturated heterocycles. The van der Waals surface area contributed by atoms with Crippen LogP contribution in [-0.2, 0) is 6.42 Å². The van der Waals surface area contributed by atoms with E-state index in [0.717, 1.165) is 32.6 Å². The van der Waals surface area contributed by atoms with Gasteiger partial charge in [0.15, 0.2) is 0 Å². The van der Waals surface area contributed by atoms with Crippen molar-refractivity contribution in [3.05, 3.63) is 29.8 Å². The van der Waals surface area contributed by atoms with Gasteiger partial charge in [0.05, 0.1) is 0 Å². The molecule has 2 rings (SSSR count). The number of hydrogen-bond acceptors (Lipinski definition) is 3. The second-order valence-corrected chi connectivity index (χ2v) is 6.12. The second kappa shape index (κ2) is 5.29. The van der Waals surface area contributed by atoms with Gasteiger partial charge < -0.3 is 15.5 Å². The molecule has 0 atom stereocenters. The number of nitrogens with zero attached hydrogens (tertiary/aromatic N) is 2. The highest BCUT2D eigenvalue weighted by molar-refractivity contribution is 5.48. The highest BCUT2D eigenvalue weighted by atomic mass is 15.2. The van der Waals surface area contributed by atoms with Crippen LogP contribution in [0.3, 0.4) is 0 Å². The zero-order valence-electron chi connectivity index (χ0n) is 11.8. The molecular formula is C15H25N3. The average Bonchev–Trinajstić information content (AvgIpc) is 2.29. The third-order valence-corrected chi connectivity index (χ3v) is 3.46. The Hall–Kier alpha value is -1.06. The Bertz CT molecular complexity index is 370. The Labute approximate surface area is 111 Å². The number of benzene rings is 1. The van der Waals surface area contributed by atoms with Crippen LogP contribution in [0, 0.1) is 0 Å². The molecule has 0 unspecified atom stereocenters. The van der Waals surface area contributed by atoms with E-state index in [1.54, 1.807) is 0 Å². The first-order valence-electron chi connectivity index (χ1n) is 6.75. The van der Waals surface area contributed by atoms with E-state index in [2.05, 4.69) is 55.0 Å². The largest absolute Gasteiger partial charge is 0.369 e. The van der Waals surface area contributed by atoms with Crippen LogP contribution in [-0.4, -0.2) is 43.7 Å². The summed E-state index contributed by atoms with van der Waals surface area (Å²) in [5, 5.41) is 0. The molecule has 0 radical (unpaired) electrons. The van der Waals surface area contributed by atoms with E-state index in [9.17, 15) is 0 Å². The fourth-order valence-electron chi connectivity index (χ4n) is 2.42. The van der Waals surface area contributed by atoms with Gasteiger partial charge in [-0.15, -0.1) is 0 Å². The van der Waals surface area contributed by atoms with Crippen molar-refractivity contribution in [3.8, 4) is 0 Å². The molecule has 1 aromatic rings. The molecule has 3 heteroatoms. The normalized spacial score (nSPS) is 18.1. The van der Waals surface area contributed by atoms with Gasteiger partial charge in [-0.05, 0) is 45.0 Å². The molecular weight excluding hydrogens is 222 g/mol. The molecule has 1 heterocycles. The van der Waals surface area contributed by atoms with Crippen LogP contribution in [0.5, 0.6) is 0 Å². The van der Waals surface area contributed by atoms with Gasteiger partial charge in [-0.3, -0.25) is 0 Å². The lowest BCUT2D eigenvalue weighted by atomic mass is 9.96. The molecule has 18 heavy (non-hydrogen) atoms. The third-order valence-electron chi connectivity index (χ3n) is 3.46. The van der Waals surface area contributed by atoms with Crippen molar-refractivity contribution < 1.29 is 0 Å². The van der Waals surface area contributed by atoms with E-state index in [4.69, 9.17) is 5.73 Å². The van der Waals surface area contributed by atoms with E-state index in [1.165, 1.54) is 11.3 Å². The summed E-state index contributed by atoms with van der Waals surface area (Å²) in [6.45, 7) is 8.69. The van der Waals surface area contributed by atoms with Crippen LogP contribution in [0.1, 0.15) is 19.4 Å². The summed E-state index contributed by atoms with van der Waals surface area (Å²) >= 11 is 0. The molecule has 1 fully saturated rings. The number of nitrogens with two attached hydrogens (primary N) is 1. The molecule has 1 aliphatic rings. The Kier molecular flexibility index (Phi) is 3.93. The van der Waals surface area contributed by atoms with Gasteiger partial charge in [-0.2, -0.15) is 0 Å². The van der Waals surface area contributed by atoms with Crippen LogP contribution in [0.4, 0.5) is 5.69 Å². The lowest BCUT2D eigenvalue weighted by molar-refractivity contribution is 0.313. The summed E-state index contributed by atoms with van der Waals surface area (Å²) < 4.78 is 0. The van der Waals surface area contributed by atoms with Crippen LogP contribution in [0.15, 0.2) is 24.3 Å². The monoisotopic (exact) mass is 247 g/mol. The molecule has 1 aliphatic heterocycles. The lowest BCUT2D eigenvalue weighted by Gasteiger charge is -2.34. The minimum absolute atomic E-state index is 0.130. The van der Waals surface area contributed by atoms with Crippen LogP contribution < -0.4 is 10.6 Å². The molecule has 100 valence electrons. The van der Waals surface area contributed by atoms with Gasteiger partial charge in [-0.1, -0.05) is 12.1 Å². The smallest absolute Gasteiger partial charge is 0.0367 e. The van der Waals surface area contributed by atoms with Crippen molar-refractivity contribution in [2.24, 2.45) is 5.73 Å². The average molecular weight is 247 g/mol. The van der Waals surface area contributed by atoms with Gasteiger partial charge >= 0.3 is 0 Å². The molecule has 2 N–H and O–H groups in total. The fraction of sp³-hybridized carbons (Fsp3) is 0.600. The van der Waals surface area contributed by atoms with E-state index in [0.29, 0.717) is 0 Å². The van der Waals surface area contributed by atoms with E-state index < -0.39 is 0 Å². The lowest BCUT2D eigenvalue weighted by Crippen LogP contribution is -2.44. The van der Waals surface area contributed by atoms with Gasteiger partial charge in [-0.25, -0.2) is 0 Å². The predicted octanol–water partition coefficient (Wildman–Crippen LogP) is 1.72. The highest BCUT2D eigenvalue weighted by Gasteiger charge is 2.15. The molecule has 0 amide bonds. The number of hydrogen-bond donors (Lipinski definition) is 1. The summed E-state index contributed by atoms with van der Waals surface area (Å²) in [4.78, 5) is 4.83. The molecule has 0 spiro atoms. The molecule has 0 bridgehead atoms. The fourth-order valence-corrected chi connectivity index (χ4v) is 2.42. The van der Waals surface area contributed by atoms with Crippen LogP contribution in [0.25, 0.3) is 0 Å². The van der Waals surface area contributed by atoms with Gasteiger partial charge in [0, 0.05) is 37.4 Å². The Morgan fingerprint density at radius 3 is 2.11 bits per heavy atom. The maximum Gasteiger partial charge on any atom is 0.0367 e. The van der Waals surface area contributed by atoms with E-state index in [-0.39, 0.29) is 5.54 Å². The SMILES string of the molecule is CN1CCN(c2ccc(CC(C)(C)N)cc2)CC1. The van der Waals surface area contributed by atoms with Crippen molar-refractivity contribution >= 4 is 5.69 Å². The standard InChI is InChI=1S/C15H25N3/c1-15(2,16)12-13-4-6-14(7-5-13)18-10-8-17(3)9-11-18/h4-7H,8-12,16H2,1-3H3. The molecule has 1 aromatic carbocycles. The van der Waals surface area contributed by atoms with E-state index >= 15 is 0 Å². The van der Waals surface area contributed by atoms with Crippen molar-refractivity contribution in [1.29, 1.82) is 0 Å². The third kappa shape index (κ3) is 3.72. The van der Waals surface area contributed by atoms with Gasteiger partial charge in [0.1, 0.15) is 0 Å². The topological polar surface area (TPSA) is 32.5 Å². The van der Waals surface area contributed by atoms with Crippen molar-refractivity contribution in [3.63, 3.8) is 0 Å². The zero-order valence-corrected chi connectivity index (χ0v) is 11.8. The summed E-state index contributed by atoms with van der Waals surface area (Å²) in [6, 6.07) is 8.88. The summed E-state index contributed by atoms with van der Waals surface area (Å²) in [6.07, 6.45) is 0.927. The van der Waals surface area contributed by atoms with Crippen molar-refractivity contribution in [2.75, 3.05) is 38.1 Å². The first-order valence-corrected chi connectivity index (χ1v) is 6.75. The zero-order chi connectivity index (χ0) is 13.2. The van der Waals surface area contributed by atoms with Gasteiger partial charge in [0.2, 0.25) is 0 Å². The predicted molar refractivity (Wildman–Crippen MR) is 78.1 cm³/mol. The maximum atomic E-state index is 6.05. The number of anilines is 1. The molecule has 0 saturated carbocycles. The summed E-state index contributed by atoms with van der Waals surface area (Å²) in [5.74, 6) is 0. The van der Waals surface area contributed by atoms with Crippen molar-refractivity contribution in [1.82, 2.24) is 4.90 Å². The first-order chi connectivity index (χ1) is 8.44. The quantitative estimate of drug-likeness (QED) is 0.883. The van der Waals surface area contributed by atoms with Gasteiger partial charge in [0.25, 0.3) is 0 Å². The number of piperazine rings is 1. The summed E-state index contributed by atoms with van der Waals surface area (Å²) in [5.41, 5.74) is 8.57. The Balaban J connectivity index is 1.99. The molecule has 0 aromatic heterocycles. The molecule has 3 nitrogen and oxygen atoms in total. The Morgan fingerprint density at radius 2 is 1.61 bits per heavy atom. The minimum Gasteiger partial charge on any atom is -0.369 e. The van der Waals surface area contributed by atoms with Crippen LogP contribution in [0.2, 0.25) is 0 Å². The highest BCUT2D eigenvalue weighted by Crippen LogP contribution is 2.18. The van der Waals surface area contributed by atoms with E-state index in [1.807, 2.05) is 0 Å². The number of likely N-dealkylation sites (N-methyl/N-ethyl adjacent to an activating group) is 1. The summed E-state index contributed by atoms with van der Waals surface area (Å²) in [7, 11) is 2.18. The number of rotatable bonds is 3. The van der Waals surface area contributed by atoms with Crippen molar-refractivity contribution in [2.45, 2.75) is 25.8 Å². The van der Waals surface area contributed by atoms with Crippen LogP contribution >= 0.6 is 0 Å². The molecule has 0 aliphatic carbocycles. The first kappa shape index (κ1) is 13.4. The minimum atomic E-state index is -0.130. The second-order valence-electron chi connectivity index (χ2n) is 6.12. The Morgan fingerprint density at radius 1 is 1.06 bits per heavy atom.